The third-order valence-corrected chi connectivity index (χ3v) is 11.9. The van der Waals surface area contributed by atoms with Crippen molar-refractivity contribution in [1.82, 2.24) is 24.3 Å². The highest BCUT2D eigenvalue weighted by molar-refractivity contribution is 7.99. The normalized spacial score (nSPS) is 21.0. The smallest absolute Gasteiger partial charge is 0.375 e. The number of nitrogens with zero attached hydrogens (tertiary/aromatic N) is 6. The van der Waals surface area contributed by atoms with Crippen LogP contribution in [0.4, 0.5) is 46.1 Å². The van der Waals surface area contributed by atoms with Crippen LogP contribution in [0.1, 0.15) is 19.4 Å². The summed E-state index contributed by atoms with van der Waals surface area (Å²) < 4.78 is 117. The highest BCUT2D eigenvalue weighted by atomic mass is 32.2. The van der Waals surface area contributed by atoms with E-state index in [0.29, 0.717) is 17.4 Å². The number of amides is 1. The molecule has 2 atom stereocenters. The van der Waals surface area contributed by atoms with Crippen molar-refractivity contribution in [2.45, 2.75) is 49.7 Å². The number of benzene rings is 2. The summed E-state index contributed by atoms with van der Waals surface area (Å²) in [6.07, 6.45) is -8.48. The molecule has 1 amide bonds. The monoisotopic (exact) mass is 759 g/mol. The molecule has 51 heavy (non-hydrogen) atoms. The lowest BCUT2D eigenvalue weighted by Gasteiger charge is -2.50. The molecule has 3 aliphatic rings. The molecule has 2 aromatic carbocycles. The van der Waals surface area contributed by atoms with Gasteiger partial charge in [0.1, 0.15) is 17.5 Å². The Bertz CT molecular complexity index is 2170. The number of alkyl halides is 6. The fraction of sp³-hybridized carbons (Fsp3) is 0.438. The molecular formula is C32H29F8N7O2S2. The number of piperazine rings is 1. The van der Waals surface area contributed by atoms with E-state index in [1.54, 1.807) is 23.6 Å². The van der Waals surface area contributed by atoms with Gasteiger partial charge in [0.2, 0.25) is 5.91 Å². The molecule has 7 rings (SSSR count). The molecule has 2 aromatic heterocycles. The molecule has 3 aliphatic heterocycles. The largest absolute Gasteiger partial charge is 0.417 e. The SMILES string of the molecule is C=CC(=O)N1[C@H](C)CN(c2nc(=O)n3c4c(c(-c5c(F)cc(F)c6sc(N)nc56)c(C(F)(F)F)cc24)SCC2(CN(CC(F)(F)F)C2)C3)C[C@@H]1C. The summed E-state index contributed by atoms with van der Waals surface area (Å²) in [6.45, 7) is 5.56. The third-order valence-electron chi connectivity index (χ3n) is 9.53. The second-order valence-corrected chi connectivity index (χ2v) is 15.4. The van der Waals surface area contributed by atoms with Gasteiger partial charge in [0.25, 0.3) is 0 Å². The summed E-state index contributed by atoms with van der Waals surface area (Å²) in [5.41, 5.74) is 0.839. The van der Waals surface area contributed by atoms with Gasteiger partial charge < -0.3 is 15.5 Å². The average Bonchev–Trinajstić information content (AvgIpc) is 3.30. The molecule has 0 aliphatic carbocycles. The molecule has 272 valence electrons. The summed E-state index contributed by atoms with van der Waals surface area (Å²) in [5.74, 6) is -2.90. The van der Waals surface area contributed by atoms with Crippen molar-refractivity contribution < 1.29 is 39.9 Å². The van der Waals surface area contributed by atoms with Crippen molar-refractivity contribution in [2.24, 2.45) is 5.41 Å². The van der Waals surface area contributed by atoms with E-state index in [9.17, 15) is 27.2 Å². The summed E-state index contributed by atoms with van der Waals surface area (Å²) >= 11 is 1.49. The Labute approximate surface area is 292 Å². The van der Waals surface area contributed by atoms with Crippen LogP contribution in [0.3, 0.4) is 0 Å². The fourth-order valence-corrected chi connectivity index (χ4v) is 9.95. The zero-order chi connectivity index (χ0) is 36.9. The molecule has 2 fully saturated rings. The molecule has 0 radical (unpaired) electrons. The molecule has 5 heterocycles. The maximum atomic E-state index is 16.0. The van der Waals surface area contributed by atoms with Crippen molar-refractivity contribution in [2.75, 3.05) is 49.1 Å². The Kier molecular flexibility index (Phi) is 8.37. The van der Waals surface area contributed by atoms with Crippen LogP contribution in [0.15, 0.2) is 34.5 Å². The highest BCUT2D eigenvalue weighted by Crippen LogP contribution is 2.53. The van der Waals surface area contributed by atoms with Crippen molar-refractivity contribution in [3.63, 3.8) is 0 Å². The molecule has 0 unspecified atom stereocenters. The van der Waals surface area contributed by atoms with E-state index in [1.165, 1.54) is 0 Å². The third kappa shape index (κ3) is 5.99. The van der Waals surface area contributed by atoms with Crippen LogP contribution in [0.25, 0.3) is 32.2 Å². The molecule has 9 nitrogen and oxygen atoms in total. The van der Waals surface area contributed by atoms with E-state index in [0.717, 1.165) is 33.4 Å². The van der Waals surface area contributed by atoms with Crippen LogP contribution >= 0.6 is 23.1 Å². The van der Waals surface area contributed by atoms with Crippen LogP contribution < -0.4 is 16.3 Å². The number of aromatic nitrogens is 3. The number of nitrogen functional groups attached to an aromatic ring is 1. The number of hydrogen-bond acceptors (Lipinski definition) is 9. The predicted molar refractivity (Wildman–Crippen MR) is 178 cm³/mol. The van der Waals surface area contributed by atoms with Crippen LogP contribution in [-0.2, 0) is 17.5 Å². The molecule has 0 bridgehead atoms. The number of fused-ring (bicyclic) bond motifs is 1. The van der Waals surface area contributed by atoms with Gasteiger partial charge in [0, 0.05) is 83.5 Å². The molecule has 19 heteroatoms. The topological polar surface area (TPSA) is 101 Å². The van der Waals surface area contributed by atoms with Gasteiger partial charge in [-0.2, -0.15) is 31.3 Å². The minimum Gasteiger partial charge on any atom is -0.375 e. The van der Waals surface area contributed by atoms with Crippen molar-refractivity contribution in [1.29, 1.82) is 0 Å². The Hall–Kier alpha value is -3.97. The lowest BCUT2D eigenvalue weighted by atomic mass is 9.81. The van der Waals surface area contributed by atoms with Gasteiger partial charge in [-0.1, -0.05) is 17.9 Å². The van der Waals surface area contributed by atoms with Crippen LogP contribution in [-0.4, -0.2) is 87.0 Å². The number of thioether (sulfide) groups is 1. The number of likely N-dealkylation sites (tertiary alicyclic amines) is 1. The lowest BCUT2D eigenvalue weighted by Crippen LogP contribution is -2.61. The summed E-state index contributed by atoms with van der Waals surface area (Å²) in [6, 6.07) is 0.287. The number of anilines is 2. The first-order valence-corrected chi connectivity index (χ1v) is 17.5. The van der Waals surface area contributed by atoms with Gasteiger partial charge in [0.15, 0.2) is 5.13 Å². The van der Waals surface area contributed by atoms with E-state index in [2.05, 4.69) is 16.5 Å². The number of rotatable bonds is 4. The van der Waals surface area contributed by atoms with Gasteiger partial charge in [0.05, 0.1) is 27.8 Å². The molecule has 2 saturated heterocycles. The standard InChI is InChI=1S/C32H29F8N7O2S2/c1-4-20(48)47-14(2)7-45(8-15(47)3)27-16-5-17(32(38,39)40)21(22-18(33)6-19(34)25-23(22)42-28(41)51-25)26-24(16)46(29(49)43-27)11-30(13-50-26)9-44(10-30)12-31(35,36)37/h4-6,14-15H,1,7-13H2,2-3H3,(H2,41,42)/t14-,15+. The van der Waals surface area contributed by atoms with E-state index in [1.807, 2.05) is 0 Å². The first kappa shape index (κ1) is 35.4. The number of carbonyl (C=O) groups excluding carboxylic acids is 1. The molecular weight excluding hydrogens is 731 g/mol. The van der Waals surface area contributed by atoms with Gasteiger partial charge in [-0.25, -0.2) is 18.6 Å². The van der Waals surface area contributed by atoms with E-state index in [-0.39, 0.29) is 75.8 Å². The Morgan fingerprint density at radius 2 is 1.71 bits per heavy atom. The van der Waals surface area contributed by atoms with Crippen LogP contribution in [0, 0.1) is 17.0 Å². The van der Waals surface area contributed by atoms with Gasteiger partial charge in [-0.15, -0.1) is 11.8 Å². The molecule has 2 N–H and O–H groups in total. The Morgan fingerprint density at radius 1 is 1.04 bits per heavy atom. The minimum absolute atomic E-state index is 0.0193. The highest BCUT2D eigenvalue weighted by Gasteiger charge is 2.50. The maximum absolute atomic E-state index is 16.0. The number of hydrogen-bond donors (Lipinski definition) is 1. The fourth-order valence-electron chi connectivity index (χ4n) is 7.76. The first-order valence-electron chi connectivity index (χ1n) is 15.7. The summed E-state index contributed by atoms with van der Waals surface area (Å²) in [7, 11) is 0. The average molecular weight is 760 g/mol. The number of nitrogens with two attached hydrogens (primary N) is 1. The predicted octanol–water partition coefficient (Wildman–Crippen LogP) is 6.13. The number of halogens is 8. The molecule has 1 spiro atoms. The van der Waals surface area contributed by atoms with E-state index >= 15 is 17.6 Å². The van der Waals surface area contributed by atoms with Crippen LogP contribution in [0.5, 0.6) is 0 Å². The summed E-state index contributed by atoms with van der Waals surface area (Å²) in [4.78, 5) is 39.0. The van der Waals surface area contributed by atoms with Crippen molar-refractivity contribution >= 4 is 61.1 Å². The van der Waals surface area contributed by atoms with Crippen LogP contribution in [0.2, 0.25) is 0 Å². The summed E-state index contributed by atoms with van der Waals surface area (Å²) in [5, 5.41) is -0.321. The number of carbonyl (C=O) groups is 1. The van der Waals surface area contributed by atoms with Gasteiger partial charge in [-0.3, -0.25) is 14.3 Å². The number of thiazole rings is 1. The zero-order valence-corrected chi connectivity index (χ0v) is 28.6. The first-order chi connectivity index (χ1) is 23.8. The van der Waals surface area contributed by atoms with Crippen molar-refractivity contribution in [3.8, 4) is 11.1 Å². The molecule has 0 saturated carbocycles. The zero-order valence-electron chi connectivity index (χ0n) is 27.0. The lowest BCUT2D eigenvalue weighted by molar-refractivity contribution is -0.168. The Balaban J connectivity index is 1.51. The maximum Gasteiger partial charge on any atom is 0.417 e. The van der Waals surface area contributed by atoms with Gasteiger partial charge in [-0.05, 0) is 26.0 Å². The minimum atomic E-state index is -5.13. The Morgan fingerprint density at radius 3 is 2.31 bits per heavy atom. The van der Waals surface area contributed by atoms with E-state index < -0.39 is 75.9 Å². The van der Waals surface area contributed by atoms with Gasteiger partial charge >= 0.3 is 18.0 Å². The van der Waals surface area contributed by atoms with Crippen molar-refractivity contribution in [3.05, 3.63) is 52.5 Å². The second kappa shape index (κ2) is 12.0. The quantitative estimate of drug-likeness (QED) is 0.196. The second-order valence-electron chi connectivity index (χ2n) is 13.4. The van der Waals surface area contributed by atoms with E-state index in [4.69, 9.17) is 5.73 Å². The molecule has 4 aromatic rings.